The second-order valence-corrected chi connectivity index (χ2v) is 6.46. The third kappa shape index (κ3) is 3.83. The van der Waals surface area contributed by atoms with Crippen LogP contribution in [0.5, 0.6) is 17.2 Å². The second kappa shape index (κ2) is 8.26. The van der Waals surface area contributed by atoms with Crippen molar-refractivity contribution in [2.75, 3.05) is 34.4 Å². The van der Waals surface area contributed by atoms with Gasteiger partial charge >= 0.3 is 0 Å². The molecule has 0 radical (unpaired) electrons. The summed E-state index contributed by atoms with van der Waals surface area (Å²) in [7, 11) is 4.84. The molecule has 2 aromatic rings. The minimum atomic E-state index is -0.0687. The molecule has 0 atom stereocenters. The molecule has 2 heterocycles. The molecule has 0 saturated heterocycles. The number of hydrogen-bond donors (Lipinski definition) is 1. The van der Waals surface area contributed by atoms with Crippen LogP contribution in [0.3, 0.4) is 0 Å². The van der Waals surface area contributed by atoms with Gasteiger partial charge in [-0.3, -0.25) is 4.79 Å². The van der Waals surface area contributed by atoms with E-state index in [-0.39, 0.29) is 5.91 Å². The summed E-state index contributed by atoms with van der Waals surface area (Å²) in [5.41, 5.74) is 2.49. The van der Waals surface area contributed by atoms with Crippen molar-refractivity contribution in [3.63, 3.8) is 0 Å². The molecular weight excluding hydrogens is 364 g/mol. The van der Waals surface area contributed by atoms with Gasteiger partial charge in [0.25, 0.3) is 5.91 Å². The van der Waals surface area contributed by atoms with E-state index in [1.807, 2.05) is 18.2 Å². The van der Waals surface area contributed by atoms with E-state index in [9.17, 15) is 4.79 Å². The number of ether oxygens (including phenoxy) is 3. The molecule has 1 aromatic heterocycles. The number of H-pyrrole nitrogens is 1. The van der Waals surface area contributed by atoms with Crippen molar-refractivity contribution in [2.24, 2.45) is 0 Å². The highest BCUT2D eigenvalue weighted by molar-refractivity contribution is 7.71. The summed E-state index contributed by atoms with van der Waals surface area (Å²) in [4.78, 5) is 17.4. The SMILES string of the molecule is COc1cc(OC)c(C2=CCN(C(=O)c3ccc[nH]c3=S)CC2)c(OC)c1. The molecule has 1 aliphatic rings. The number of aromatic nitrogens is 1. The van der Waals surface area contributed by atoms with Crippen LogP contribution in [0.1, 0.15) is 22.3 Å². The van der Waals surface area contributed by atoms with Crippen molar-refractivity contribution in [3.05, 3.63) is 52.3 Å². The molecule has 0 bridgehead atoms. The molecule has 0 spiro atoms. The number of carbonyl (C=O) groups is 1. The van der Waals surface area contributed by atoms with Crippen LogP contribution in [-0.2, 0) is 0 Å². The van der Waals surface area contributed by atoms with Gasteiger partial charge in [0.05, 0.1) is 32.5 Å². The lowest BCUT2D eigenvalue weighted by molar-refractivity contribution is 0.0772. The zero-order chi connectivity index (χ0) is 19.4. The van der Waals surface area contributed by atoms with E-state index in [1.165, 1.54) is 0 Å². The lowest BCUT2D eigenvalue weighted by Gasteiger charge is -2.28. The largest absolute Gasteiger partial charge is 0.496 e. The lowest BCUT2D eigenvalue weighted by Crippen LogP contribution is -2.35. The minimum absolute atomic E-state index is 0.0687. The Morgan fingerprint density at radius 3 is 2.37 bits per heavy atom. The number of carbonyl (C=O) groups excluding carboxylic acids is 1. The van der Waals surface area contributed by atoms with Gasteiger partial charge in [-0.25, -0.2) is 0 Å². The van der Waals surface area contributed by atoms with Crippen LogP contribution in [0.25, 0.3) is 5.57 Å². The Bertz CT molecular complexity index is 911. The molecule has 6 nitrogen and oxygen atoms in total. The van der Waals surface area contributed by atoms with E-state index in [0.717, 1.165) is 11.1 Å². The highest BCUT2D eigenvalue weighted by Crippen LogP contribution is 2.40. The van der Waals surface area contributed by atoms with Crippen LogP contribution in [0.2, 0.25) is 0 Å². The average molecular weight is 386 g/mol. The van der Waals surface area contributed by atoms with Gasteiger partial charge in [-0.05, 0) is 24.1 Å². The van der Waals surface area contributed by atoms with Crippen LogP contribution in [0.4, 0.5) is 0 Å². The standard InChI is InChI=1S/C20H22N2O4S/c1-24-14-11-16(25-2)18(17(12-14)26-3)13-6-9-22(10-7-13)20(23)15-5-4-8-21-19(15)27/h4-6,8,11-12H,7,9-10H2,1-3H3,(H,21,27). The van der Waals surface area contributed by atoms with Crippen molar-refractivity contribution in [2.45, 2.75) is 6.42 Å². The normalized spacial score (nSPS) is 13.7. The second-order valence-electron chi connectivity index (χ2n) is 6.05. The molecule has 27 heavy (non-hydrogen) atoms. The number of nitrogens with zero attached hydrogens (tertiary/aromatic N) is 1. The van der Waals surface area contributed by atoms with E-state index in [1.54, 1.807) is 44.6 Å². The first kappa shape index (κ1) is 19.0. The van der Waals surface area contributed by atoms with Crippen molar-refractivity contribution in [1.29, 1.82) is 0 Å². The molecule has 0 saturated carbocycles. The summed E-state index contributed by atoms with van der Waals surface area (Å²) in [6, 6.07) is 7.19. The molecular formula is C20H22N2O4S. The number of pyridine rings is 1. The van der Waals surface area contributed by atoms with Gasteiger partial charge in [-0.1, -0.05) is 18.3 Å². The number of rotatable bonds is 5. The van der Waals surface area contributed by atoms with E-state index < -0.39 is 0 Å². The zero-order valence-electron chi connectivity index (χ0n) is 15.6. The fraction of sp³-hybridized carbons (Fsp3) is 0.300. The molecule has 142 valence electrons. The summed E-state index contributed by atoms with van der Waals surface area (Å²) >= 11 is 5.22. The number of benzene rings is 1. The number of methoxy groups -OCH3 is 3. The topological polar surface area (TPSA) is 63.8 Å². The summed E-state index contributed by atoms with van der Waals surface area (Å²) in [5, 5.41) is 0. The van der Waals surface area contributed by atoms with E-state index in [2.05, 4.69) is 4.98 Å². The van der Waals surface area contributed by atoms with Gasteiger partial charge in [0.1, 0.15) is 21.9 Å². The van der Waals surface area contributed by atoms with Crippen LogP contribution in [0, 0.1) is 4.64 Å². The first-order valence-corrected chi connectivity index (χ1v) is 8.96. The van der Waals surface area contributed by atoms with Gasteiger partial charge in [0.15, 0.2) is 0 Å². The summed E-state index contributed by atoms with van der Waals surface area (Å²) in [6.45, 7) is 1.09. The van der Waals surface area contributed by atoms with Gasteiger partial charge < -0.3 is 24.1 Å². The van der Waals surface area contributed by atoms with E-state index in [0.29, 0.717) is 47.0 Å². The number of nitrogens with one attached hydrogen (secondary N) is 1. The van der Waals surface area contributed by atoms with Gasteiger partial charge in [0.2, 0.25) is 0 Å². The van der Waals surface area contributed by atoms with Crippen molar-refractivity contribution in [1.82, 2.24) is 9.88 Å². The van der Waals surface area contributed by atoms with Gasteiger partial charge in [-0.15, -0.1) is 0 Å². The van der Waals surface area contributed by atoms with Crippen LogP contribution in [-0.4, -0.2) is 50.2 Å². The van der Waals surface area contributed by atoms with Crippen molar-refractivity contribution >= 4 is 23.7 Å². The first-order chi connectivity index (χ1) is 13.1. The molecule has 7 heteroatoms. The van der Waals surface area contributed by atoms with E-state index in [4.69, 9.17) is 26.4 Å². The number of hydrogen-bond acceptors (Lipinski definition) is 5. The first-order valence-electron chi connectivity index (χ1n) is 8.55. The number of aromatic amines is 1. The number of amides is 1. The molecule has 0 unspecified atom stereocenters. The Balaban J connectivity index is 1.88. The van der Waals surface area contributed by atoms with Crippen LogP contribution in [0.15, 0.2) is 36.5 Å². The Morgan fingerprint density at radius 1 is 1.15 bits per heavy atom. The summed E-state index contributed by atoms with van der Waals surface area (Å²) < 4.78 is 16.8. The smallest absolute Gasteiger partial charge is 0.257 e. The van der Waals surface area contributed by atoms with Crippen molar-refractivity contribution < 1.29 is 19.0 Å². The Hall–Kier alpha value is -2.80. The summed E-state index contributed by atoms with van der Waals surface area (Å²) in [5.74, 6) is 1.96. The highest BCUT2D eigenvalue weighted by Gasteiger charge is 2.24. The quantitative estimate of drug-likeness (QED) is 0.794. The highest BCUT2D eigenvalue weighted by atomic mass is 32.1. The zero-order valence-corrected chi connectivity index (χ0v) is 16.4. The minimum Gasteiger partial charge on any atom is -0.496 e. The fourth-order valence-corrected chi connectivity index (χ4v) is 3.39. The molecule has 1 aliphatic heterocycles. The third-order valence-electron chi connectivity index (χ3n) is 4.58. The van der Waals surface area contributed by atoms with Gasteiger partial charge in [0, 0.05) is 31.4 Å². The monoisotopic (exact) mass is 386 g/mol. The lowest BCUT2D eigenvalue weighted by atomic mass is 9.97. The maximum absolute atomic E-state index is 12.7. The molecule has 1 amide bonds. The molecule has 1 N–H and O–H groups in total. The van der Waals surface area contributed by atoms with Crippen LogP contribution < -0.4 is 14.2 Å². The Labute approximate surface area is 163 Å². The maximum Gasteiger partial charge on any atom is 0.257 e. The Morgan fingerprint density at radius 2 is 1.85 bits per heavy atom. The predicted octanol–water partition coefficient (Wildman–Crippen LogP) is 3.70. The molecule has 3 rings (SSSR count). The fourth-order valence-electron chi connectivity index (χ4n) is 3.16. The third-order valence-corrected chi connectivity index (χ3v) is 4.92. The average Bonchev–Trinajstić information content (AvgIpc) is 2.72. The van der Waals surface area contributed by atoms with Gasteiger partial charge in [-0.2, -0.15) is 0 Å². The molecule has 0 aliphatic carbocycles. The van der Waals surface area contributed by atoms with E-state index >= 15 is 0 Å². The van der Waals surface area contributed by atoms with Crippen molar-refractivity contribution in [3.8, 4) is 17.2 Å². The van der Waals surface area contributed by atoms with Crippen LogP contribution >= 0.6 is 12.2 Å². The summed E-state index contributed by atoms with van der Waals surface area (Å²) in [6.07, 6.45) is 4.44. The maximum atomic E-state index is 12.7. The Kier molecular flexibility index (Phi) is 5.81. The molecule has 0 fully saturated rings. The molecule has 1 aromatic carbocycles. The predicted molar refractivity (Wildman–Crippen MR) is 106 cm³/mol.